The molecule has 0 spiro atoms. The Morgan fingerprint density at radius 2 is 1.61 bits per heavy atom. The Morgan fingerprint density at radius 3 is 2.19 bits per heavy atom. The number of hydrogen-bond donors (Lipinski definition) is 5. The van der Waals surface area contributed by atoms with Crippen LogP contribution in [0.2, 0.25) is 0 Å². The van der Waals surface area contributed by atoms with Gasteiger partial charge in [-0.05, 0) is 54.8 Å². The third-order valence-corrected chi connectivity index (χ3v) is 7.85. The number of primary sulfonamides is 1. The minimum absolute atomic E-state index is 0.0771. The maximum absolute atomic E-state index is 12.7. The molecule has 2 atom stereocenters. The summed E-state index contributed by atoms with van der Waals surface area (Å²) >= 11 is 2.22. The molecule has 3 amide bonds. The van der Waals surface area contributed by atoms with Crippen molar-refractivity contribution in [2.45, 2.75) is 47.1 Å². The van der Waals surface area contributed by atoms with Crippen LogP contribution in [0.1, 0.15) is 52.0 Å². The standard InChI is InChI=1S/C24H30IN5O5S/c1-27-19-11-6-15(13-25)12-18(19)24(33)28-14-22(31)29-20-4-2-3-5-21(20)30-23(32)16-7-9-17(10-8-16)36(26,34)35/h6-12,20-21,27H,2-5,13-14H2,1H3,(H,28,33)(H,29,31)(H,30,32)(H2,26,34,35)/t20-,21+/m1/s1. The number of rotatable bonds is 9. The van der Waals surface area contributed by atoms with Gasteiger partial charge >= 0.3 is 0 Å². The lowest BCUT2D eigenvalue weighted by Crippen LogP contribution is -2.54. The zero-order chi connectivity index (χ0) is 26.3. The Hall–Kier alpha value is -2.71. The molecule has 0 bridgehead atoms. The van der Waals surface area contributed by atoms with Crippen LogP contribution < -0.4 is 26.4 Å². The number of amides is 3. The molecule has 0 aromatic heterocycles. The topological polar surface area (TPSA) is 159 Å². The van der Waals surface area contributed by atoms with Crippen LogP contribution in [0.3, 0.4) is 0 Å². The summed E-state index contributed by atoms with van der Waals surface area (Å²) in [5.74, 6) is -1.06. The number of nitrogens with one attached hydrogen (secondary N) is 4. The summed E-state index contributed by atoms with van der Waals surface area (Å²) in [6.07, 6.45) is 3.18. The van der Waals surface area contributed by atoms with Gasteiger partial charge in [0.05, 0.1) is 17.0 Å². The molecular formula is C24H30IN5O5S. The van der Waals surface area contributed by atoms with Gasteiger partial charge in [0.1, 0.15) is 0 Å². The zero-order valence-corrected chi connectivity index (χ0v) is 22.8. The molecule has 0 saturated heterocycles. The number of sulfonamides is 1. The van der Waals surface area contributed by atoms with E-state index in [1.54, 1.807) is 13.1 Å². The van der Waals surface area contributed by atoms with Gasteiger partial charge in [-0.25, -0.2) is 13.6 Å². The Balaban J connectivity index is 1.58. The van der Waals surface area contributed by atoms with E-state index in [2.05, 4.69) is 43.9 Å². The fourth-order valence-corrected chi connectivity index (χ4v) is 5.11. The van der Waals surface area contributed by atoms with Crippen molar-refractivity contribution < 1.29 is 22.8 Å². The van der Waals surface area contributed by atoms with Crippen LogP contribution in [0, 0.1) is 0 Å². The van der Waals surface area contributed by atoms with Crippen molar-refractivity contribution in [1.29, 1.82) is 0 Å². The normalized spacial score (nSPS) is 17.6. The number of hydrogen-bond acceptors (Lipinski definition) is 6. The lowest BCUT2D eigenvalue weighted by molar-refractivity contribution is -0.121. The number of halogens is 1. The molecule has 0 unspecified atom stereocenters. The zero-order valence-electron chi connectivity index (χ0n) is 19.8. The highest BCUT2D eigenvalue weighted by atomic mass is 127. The number of nitrogens with two attached hydrogens (primary N) is 1. The van der Waals surface area contributed by atoms with Gasteiger partial charge in [0.2, 0.25) is 15.9 Å². The van der Waals surface area contributed by atoms with Gasteiger partial charge in [-0.3, -0.25) is 14.4 Å². The van der Waals surface area contributed by atoms with Crippen molar-refractivity contribution in [2.75, 3.05) is 18.9 Å². The van der Waals surface area contributed by atoms with Crippen LogP contribution in [0.4, 0.5) is 5.69 Å². The predicted molar refractivity (Wildman–Crippen MR) is 146 cm³/mol. The molecule has 6 N–H and O–H groups in total. The molecule has 1 saturated carbocycles. The highest BCUT2D eigenvalue weighted by Gasteiger charge is 2.28. The van der Waals surface area contributed by atoms with Gasteiger partial charge in [0.15, 0.2) is 0 Å². The van der Waals surface area contributed by atoms with Crippen molar-refractivity contribution in [3.8, 4) is 0 Å². The average molecular weight is 628 g/mol. The smallest absolute Gasteiger partial charge is 0.253 e. The van der Waals surface area contributed by atoms with E-state index in [0.717, 1.165) is 22.8 Å². The molecule has 194 valence electrons. The van der Waals surface area contributed by atoms with E-state index < -0.39 is 10.0 Å². The molecule has 1 aliphatic carbocycles. The largest absolute Gasteiger partial charge is 0.387 e. The van der Waals surface area contributed by atoms with Gasteiger partial charge in [0, 0.05) is 34.8 Å². The van der Waals surface area contributed by atoms with Crippen LogP contribution in [0.5, 0.6) is 0 Å². The Kier molecular flexibility index (Phi) is 9.68. The molecule has 2 aromatic rings. The van der Waals surface area contributed by atoms with Crippen LogP contribution in [-0.2, 0) is 19.2 Å². The summed E-state index contributed by atoms with van der Waals surface area (Å²) in [6.45, 7) is -0.192. The number of benzene rings is 2. The van der Waals surface area contributed by atoms with E-state index in [1.807, 2.05) is 12.1 Å². The van der Waals surface area contributed by atoms with E-state index in [9.17, 15) is 22.8 Å². The number of carbonyl (C=O) groups is 3. The minimum atomic E-state index is -3.84. The van der Waals surface area contributed by atoms with Crippen molar-refractivity contribution in [2.24, 2.45) is 5.14 Å². The highest BCUT2D eigenvalue weighted by Crippen LogP contribution is 2.20. The summed E-state index contributed by atoms with van der Waals surface area (Å²) < 4.78 is 23.6. The monoisotopic (exact) mass is 627 g/mol. The summed E-state index contributed by atoms with van der Waals surface area (Å²) in [6, 6.07) is 10.3. The van der Waals surface area contributed by atoms with E-state index in [0.29, 0.717) is 29.7 Å². The molecule has 3 rings (SSSR count). The van der Waals surface area contributed by atoms with Crippen LogP contribution in [-0.4, -0.2) is 51.8 Å². The predicted octanol–water partition coefficient (Wildman–Crippen LogP) is 1.90. The van der Waals surface area contributed by atoms with Crippen LogP contribution in [0.15, 0.2) is 47.4 Å². The van der Waals surface area contributed by atoms with E-state index in [4.69, 9.17) is 5.14 Å². The van der Waals surface area contributed by atoms with Gasteiger partial charge in [-0.2, -0.15) is 0 Å². The molecule has 2 aromatic carbocycles. The second-order valence-electron chi connectivity index (χ2n) is 8.55. The summed E-state index contributed by atoms with van der Waals surface area (Å²) in [7, 11) is -2.11. The second-order valence-corrected chi connectivity index (χ2v) is 10.9. The van der Waals surface area contributed by atoms with Crippen molar-refractivity contribution in [1.82, 2.24) is 16.0 Å². The first kappa shape index (κ1) is 27.9. The maximum atomic E-state index is 12.7. The fraction of sp³-hybridized carbons (Fsp3) is 0.375. The number of carbonyl (C=O) groups excluding carboxylic acids is 3. The molecular weight excluding hydrogens is 597 g/mol. The molecule has 0 aliphatic heterocycles. The second kappa shape index (κ2) is 12.5. The van der Waals surface area contributed by atoms with Gasteiger partial charge in [0.25, 0.3) is 11.8 Å². The third kappa shape index (κ3) is 7.40. The number of alkyl halides is 1. The van der Waals surface area contributed by atoms with E-state index >= 15 is 0 Å². The summed E-state index contributed by atoms with van der Waals surface area (Å²) in [4.78, 5) is 38.0. The van der Waals surface area contributed by atoms with E-state index in [-0.39, 0.29) is 41.2 Å². The van der Waals surface area contributed by atoms with Crippen LogP contribution >= 0.6 is 22.6 Å². The molecule has 1 aliphatic rings. The molecule has 10 nitrogen and oxygen atoms in total. The minimum Gasteiger partial charge on any atom is -0.387 e. The Morgan fingerprint density at radius 1 is 0.972 bits per heavy atom. The first-order chi connectivity index (χ1) is 17.1. The summed E-state index contributed by atoms with van der Waals surface area (Å²) in [5, 5.41) is 16.6. The maximum Gasteiger partial charge on any atom is 0.253 e. The lowest BCUT2D eigenvalue weighted by Gasteiger charge is -2.33. The molecule has 0 radical (unpaired) electrons. The molecule has 1 fully saturated rings. The lowest BCUT2D eigenvalue weighted by atomic mass is 9.90. The third-order valence-electron chi connectivity index (χ3n) is 6.04. The fourth-order valence-electron chi connectivity index (χ4n) is 4.12. The van der Waals surface area contributed by atoms with Crippen LogP contribution in [0.25, 0.3) is 0 Å². The Bertz CT molecular complexity index is 1220. The van der Waals surface area contributed by atoms with Crippen molar-refractivity contribution >= 4 is 56.0 Å². The Labute approximate surface area is 224 Å². The van der Waals surface area contributed by atoms with Crippen molar-refractivity contribution in [3.05, 3.63) is 59.2 Å². The van der Waals surface area contributed by atoms with Crippen molar-refractivity contribution in [3.63, 3.8) is 0 Å². The quantitative estimate of drug-likeness (QED) is 0.211. The average Bonchev–Trinajstić information content (AvgIpc) is 2.87. The first-order valence-electron chi connectivity index (χ1n) is 11.5. The molecule has 36 heavy (non-hydrogen) atoms. The summed E-state index contributed by atoms with van der Waals surface area (Å²) in [5.41, 5.74) is 2.44. The highest BCUT2D eigenvalue weighted by molar-refractivity contribution is 14.1. The molecule has 12 heteroatoms. The molecule has 0 heterocycles. The van der Waals surface area contributed by atoms with E-state index in [1.165, 1.54) is 24.3 Å². The number of anilines is 1. The SMILES string of the molecule is CNc1ccc(CI)cc1C(=O)NCC(=O)N[C@@H]1CCCC[C@@H]1NC(=O)c1ccc(S(N)(=O)=O)cc1. The van der Waals surface area contributed by atoms with Gasteiger partial charge in [-0.15, -0.1) is 0 Å². The first-order valence-corrected chi connectivity index (χ1v) is 14.6. The van der Waals surface area contributed by atoms with Gasteiger partial charge < -0.3 is 21.3 Å². The van der Waals surface area contributed by atoms with Gasteiger partial charge in [-0.1, -0.05) is 41.5 Å².